The van der Waals surface area contributed by atoms with Crippen molar-refractivity contribution in [3.63, 3.8) is 0 Å². The van der Waals surface area contributed by atoms with Gasteiger partial charge in [0.15, 0.2) is 5.82 Å². The molecule has 0 radical (unpaired) electrons. The van der Waals surface area contributed by atoms with Crippen LogP contribution in [0.3, 0.4) is 0 Å². The van der Waals surface area contributed by atoms with Gasteiger partial charge in [-0.15, -0.1) is 0 Å². The molecule has 1 aliphatic heterocycles. The predicted octanol–water partition coefficient (Wildman–Crippen LogP) is 1.98. The molecule has 1 aromatic heterocycles. The monoisotopic (exact) mass is 311 g/mol. The first kappa shape index (κ1) is 15.0. The SMILES string of the molecule is COc1ccc(C2CN(C(C)=O)N(c3ccccn3)C2=O)cc1. The van der Waals surface area contributed by atoms with Gasteiger partial charge in [0.2, 0.25) is 5.91 Å². The summed E-state index contributed by atoms with van der Waals surface area (Å²) in [7, 11) is 1.59. The minimum atomic E-state index is -0.410. The minimum absolute atomic E-state index is 0.163. The second-order valence-electron chi connectivity index (χ2n) is 5.26. The molecule has 1 fully saturated rings. The lowest BCUT2D eigenvalue weighted by molar-refractivity contribution is -0.130. The smallest absolute Gasteiger partial charge is 0.256 e. The van der Waals surface area contributed by atoms with Crippen molar-refractivity contribution in [3.05, 3.63) is 54.2 Å². The van der Waals surface area contributed by atoms with Crippen molar-refractivity contribution in [1.29, 1.82) is 0 Å². The van der Waals surface area contributed by atoms with Crippen molar-refractivity contribution >= 4 is 17.6 Å². The van der Waals surface area contributed by atoms with Crippen LogP contribution in [0.25, 0.3) is 0 Å². The van der Waals surface area contributed by atoms with Crippen LogP contribution in [-0.4, -0.2) is 35.5 Å². The molecule has 23 heavy (non-hydrogen) atoms. The van der Waals surface area contributed by atoms with Crippen molar-refractivity contribution in [1.82, 2.24) is 9.99 Å². The molecular weight excluding hydrogens is 294 g/mol. The maximum Gasteiger partial charge on any atom is 0.256 e. The van der Waals surface area contributed by atoms with E-state index in [1.54, 1.807) is 31.5 Å². The number of hydrogen-bond donors (Lipinski definition) is 0. The third kappa shape index (κ3) is 2.75. The fraction of sp³-hybridized carbons (Fsp3) is 0.235. The number of carbonyl (C=O) groups excluding carboxylic acids is 2. The van der Waals surface area contributed by atoms with Gasteiger partial charge in [-0.1, -0.05) is 18.2 Å². The topological polar surface area (TPSA) is 62.7 Å². The number of anilines is 1. The highest BCUT2D eigenvalue weighted by molar-refractivity contribution is 6.02. The molecule has 0 saturated carbocycles. The van der Waals surface area contributed by atoms with E-state index in [1.165, 1.54) is 16.9 Å². The summed E-state index contributed by atoms with van der Waals surface area (Å²) in [5.74, 6) is 0.406. The number of benzene rings is 1. The second kappa shape index (κ2) is 6.08. The minimum Gasteiger partial charge on any atom is -0.497 e. The standard InChI is InChI=1S/C17H17N3O3/c1-12(21)19-11-15(13-6-8-14(23-2)9-7-13)17(22)20(19)16-5-3-4-10-18-16/h3-10,15H,11H2,1-2H3. The Hall–Kier alpha value is -2.89. The molecule has 2 aromatic rings. The molecule has 0 N–H and O–H groups in total. The van der Waals surface area contributed by atoms with Gasteiger partial charge in [0.1, 0.15) is 5.75 Å². The van der Waals surface area contributed by atoms with E-state index in [2.05, 4.69) is 4.98 Å². The molecule has 1 atom stereocenters. The summed E-state index contributed by atoms with van der Waals surface area (Å²) in [6.07, 6.45) is 1.60. The van der Waals surface area contributed by atoms with Gasteiger partial charge < -0.3 is 4.74 Å². The molecule has 0 spiro atoms. The molecule has 1 aliphatic rings. The van der Waals surface area contributed by atoms with E-state index in [0.29, 0.717) is 12.4 Å². The Morgan fingerprint density at radius 3 is 2.52 bits per heavy atom. The van der Waals surface area contributed by atoms with Crippen LogP contribution in [0, 0.1) is 0 Å². The van der Waals surface area contributed by atoms with Crippen molar-refractivity contribution in [3.8, 4) is 5.75 Å². The van der Waals surface area contributed by atoms with Crippen molar-refractivity contribution < 1.29 is 14.3 Å². The lowest BCUT2D eigenvalue weighted by atomic mass is 9.99. The highest BCUT2D eigenvalue weighted by atomic mass is 16.5. The van der Waals surface area contributed by atoms with Crippen molar-refractivity contribution in [2.75, 3.05) is 18.7 Å². The van der Waals surface area contributed by atoms with E-state index in [-0.39, 0.29) is 11.8 Å². The van der Waals surface area contributed by atoms with E-state index in [4.69, 9.17) is 4.74 Å². The van der Waals surface area contributed by atoms with E-state index in [9.17, 15) is 9.59 Å². The molecule has 1 unspecified atom stereocenters. The molecule has 6 heteroatoms. The van der Waals surface area contributed by atoms with E-state index < -0.39 is 5.92 Å². The summed E-state index contributed by atoms with van der Waals surface area (Å²) < 4.78 is 5.14. The Kier molecular flexibility index (Phi) is 3.97. The second-order valence-corrected chi connectivity index (χ2v) is 5.26. The number of nitrogens with zero attached hydrogens (tertiary/aromatic N) is 3. The molecule has 0 bridgehead atoms. The first-order valence-corrected chi connectivity index (χ1v) is 7.29. The molecule has 1 saturated heterocycles. The Morgan fingerprint density at radius 2 is 1.96 bits per heavy atom. The number of aromatic nitrogens is 1. The third-order valence-corrected chi connectivity index (χ3v) is 3.85. The van der Waals surface area contributed by atoms with Crippen LogP contribution < -0.4 is 9.75 Å². The maximum absolute atomic E-state index is 12.8. The molecule has 118 valence electrons. The third-order valence-electron chi connectivity index (χ3n) is 3.85. The quantitative estimate of drug-likeness (QED) is 0.869. The zero-order chi connectivity index (χ0) is 16.4. The van der Waals surface area contributed by atoms with Gasteiger partial charge in [-0.05, 0) is 29.8 Å². The van der Waals surface area contributed by atoms with Crippen LogP contribution in [0.15, 0.2) is 48.7 Å². The number of pyridine rings is 1. The summed E-state index contributed by atoms with van der Waals surface area (Å²) in [5.41, 5.74) is 0.848. The molecular formula is C17H17N3O3. The van der Waals surface area contributed by atoms with Crippen molar-refractivity contribution in [2.24, 2.45) is 0 Å². The van der Waals surface area contributed by atoms with Crippen LogP contribution in [0.5, 0.6) is 5.75 Å². The predicted molar refractivity (Wildman–Crippen MR) is 84.8 cm³/mol. The Balaban J connectivity index is 1.95. The highest BCUT2D eigenvalue weighted by Gasteiger charge is 2.41. The highest BCUT2D eigenvalue weighted by Crippen LogP contribution is 2.31. The van der Waals surface area contributed by atoms with Gasteiger partial charge in [-0.2, -0.15) is 5.01 Å². The molecule has 6 nitrogen and oxygen atoms in total. The number of rotatable bonds is 3. The van der Waals surface area contributed by atoms with Crippen LogP contribution in [0.4, 0.5) is 5.82 Å². The van der Waals surface area contributed by atoms with Crippen LogP contribution in [0.2, 0.25) is 0 Å². The largest absolute Gasteiger partial charge is 0.497 e. The lowest BCUT2D eigenvalue weighted by Gasteiger charge is -2.25. The molecule has 0 aliphatic carbocycles. The average Bonchev–Trinajstić information content (AvgIpc) is 2.93. The fourth-order valence-electron chi connectivity index (χ4n) is 2.67. The van der Waals surface area contributed by atoms with Gasteiger partial charge in [-0.25, -0.2) is 9.99 Å². The zero-order valence-corrected chi connectivity index (χ0v) is 13.0. The first-order valence-electron chi connectivity index (χ1n) is 7.29. The Bertz CT molecular complexity index is 716. The molecule has 2 heterocycles. The van der Waals surface area contributed by atoms with Gasteiger partial charge in [0.25, 0.3) is 5.91 Å². The van der Waals surface area contributed by atoms with Gasteiger partial charge in [0.05, 0.1) is 19.6 Å². The van der Waals surface area contributed by atoms with E-state index in [0.717, 1.165) is 11.3 Å². The lowest BCUT2D eigenvalue weighted by Crippen LogP contribution is -2.42. The van der Waals surface area contributed by atoms with Crippen molar-refractivity contribution in [2.45, 2.75) is 12.8 Å². The normalized spacial score (nSPS) is 17.5. The number of hydrogen-bond acceptors (Lipinski definition) is 4. The maximum atomic E-state index is 12.8. The number of carbonyl (C=O) groups is 2. The van der Waals surface area contributed by atoms with E-state index in [1.807, 2.05) is 24.3 Å². The summed E-state index contributed by atoms with van der Waals surface area (Å²) in [4.78, 5) is 29.0. The summed E-state index contributed by atoms with van der Waals surface area (Å²) in [6.45, 7) is 1.75. The summed E-state index contributed by atoms with van der Waals surface area (Å²) in [5, 5.41) is 2.79. The first-order chi connectivity index (χ1) is 11.1. The van der Waals surface area contributed by atoms with Gasteiger partial charge in [0, 0.05) is 13.1 Å². The number of methoxy groups -OCH3 is 1. The van der Waals surface area contributed by atoms with Gasteiger partial charge >= 0.3 is 0 Å². The molecule has 2 amide bonds. The number of amides is 2. The summed E-state index contributed by atoms with van der Waals surface area (Å²) in [6, 6.07) is 12.6. The molecule has 1 aromatic carbocycles. The summed E-state index contributed by atoms with van der Waals surface area (Å²) >= 11 is 0. The van der Waals surface area contributed by atoms with Crippen LogP contribution >= 0.6 is 0 Å². The number of ether oxygens (including phenoxy) is 1. The average molecular weight is 311 g/mol. The Labute approximate surface area is 134 Å². The zero-order valence-electron chi connectivity index (χ0n) is 13.0. The van der Waals surface area contributed by atoms with Crippen LogP contribution in [-0.2, 0) is 9.59 Å². The number of hydrazine groups is 1. The van der Waals surface area contributed by atoms with Crippen LogP contribution in [0.1, 0.15) is 18.4 Å². The Morgan fingerprint density at radius 1 is 1.22 bits per heavy atom. The fourth-order valence-corrected chi connectivity index (χ4v) is 2.67. The molecule has 3 rings (SSSR count). The van der Waals surface area contributed by atoms with E-state index >= 15 is 0 Å². The van der Waals surface area contributed by atoms with Gasteiger partial charge in [-0.3, -0.25) is 9.59 Å².